The van der Waals surface area contributed by atoms with Crippen molar-refractivity contribution < 1.29 is 39.8 Å². The summed E-state index contributed by atoms with van der Waals surface area (Å²) in [6, 6.07) is -0.718. The van der Waals surface area contributed by atoms with Crippen molar-refractivity contribution in [1.82, 2.24) is 5.32 Å². The molecule has 7 atom stereocenters. The van der Waals surface area contributed by atoms with Gasteiger partial charge in [0.2, 0.25) is 5.91 Å². The number of carbonyl (C=O) groups excluding carboxylic acids is 1. The van der Waals surface area contributed by atoms with Crippen molar-refractivity contribution in [1.29, 1.82) is 0 Å². The highest BCUT2D eigenvalue weighted by Crippen LogP contribution is 2.23. The van der Waals surface area contributed by atoms with E-state index in [9.17, 15) is 30.3 Å². The predicted octanol–water partition coefficient (Wildman–Crippen LogP) is 11.8. The summed E-state index contributed by atoms with van der Waals surface area (Å²) < 4.78 is 11.3. The Morgan fingerprint density at radius 3 is 1.41 bits per heavy atom. The Morgan fingerprint density at radius 2 is 0.967 bits per heavy atom. The minimum absolute atomic E-state index is 0.136. The SMILES string of the molecule is CCCCCCC/C=C\C/C=C\CCCCCCCCCCCCCC(=O)NC(COC1OC(CO)C(O)C(O)C1O)C(O)CCCCCCCCCCCCCCCCC. The van der Waals surface area contributed by atoms with Gasteiger partial charge in [0.15, 0.2) is 6.29 Å². The summed E-state index contributed by atoms with van der Waals surface area (Å²) in [4.78, 5) is 13.0. The number of hydrogen-bond donors (Lipinski definition) is 6. The number of amides is 1. The van der Waals surface area contributed by atoms with Crippen molar-refractivity contribution in [3.05, 3.63) is 24.3 Å². The van der Waals surface area contributed by atoms with Gasteiger partial charge in [-0.15, -0.1) is 0 Å². The Hall–Kier alpha value is -1.33. The Morgan fingerprint density at radius 1 is 0.557 bits per heavy atom. The number of allylic oxidation sites excluding steroid dienone is 4. The first kappa shape index (κ1) is 57.7. The lowest BCUT2D eigenvalue weighted by molar-refractivity contribution is -0.302. The van der Waals surface area contributed by atoms with Crippen molar-refractivity contribution in [3.63, 3.8) is 0 Å². The summed E-state index contributed by atoms with van der Waals surface area (Å²) in [5.74, 6) is -0.145. The Labute approximate surface area is 375 Å². The summed E-state index contributed by atoms with van der Waals surface area (Å²) in [5.41, 5.74) is 0. The average molecular weight is 866 g/mol. The standard InChI is InChI=1S/C52H99NO8/c1-3-5-7-9-11-13-15-17-19-20-21-22-23-24-25-26-28-30-32-34-36-38-40-42-48(56)53-45(44-60-52-51(59)50(58)49(57)47(43-54)61-52)46(55)41-39-37-35-33-31-29-27-18-16-14-12-10-8-6-4-2/h15,17,20-21,45-47,49-52,54-55,57-59H,3-14,16,18-19,22-44H2,1-2H3,(H,53,56)/b17-15-,21-20-. The molecule has 1 aliphatic heterocycles. The Kier molecular flexibility index (Phi) is 40.3. The van der Waals surface area contributed by atoms with Gasteiger partial charge in [-0.05, 0) is 44.9 Å². The average Bonchev–Trinajstić information content (AvgIpc) is 3.26. The number of unbranched alkanes of at least 4 members (excludes halogenated alkanes) is 30. The lowest BCUT2D eigenvalue weighted by Gasteiger charge is -2.40. The van der Waals surface area contributed by atoms with Crippen molar-refractivity contribution in [2.45, 2.75) is 288 Å². The Bertz CT molecular complexity index is 1010. The van der Waals surface area contributed by atoms with Gasteiger partial charge in [0.1, 0.15) is 24.4 Å². The zero-order valence-electron chi connectivity index (χ0n) is 39.7. The molecule has 1 heterocycles. The Balaban J connectivity index is 2.24. The third-order valence-corrected chi connectivity index (χ3v) is 12.6. The number of hydrogen-bond acceptors (Lipinski definition) is 8. The van der Waals surface area contributed by atoms with E-state index >= 15 is 0 Å². The molecule has 0 aromatic heterocycles. The maximum absolute atomic E-state index is 13.0. The molecule has 7 unspecified atom stereocenters. The predicted molar refractivity (Wildman–Crippen MR) is 253 cm³/mol. The molecule has 1 saturated heterocycles. The van der Waals surface area contributed by atoms with Crippen LogP contribution in [0.15, 0.2) is 24.3 Å². The highest BCUT2D eigenvalue weighted by atomic mass is 16.7. The normalized spacial score (nSPS) is 20.5. The minimum atomic E-state index is -1.55. The van der Waals surface area contributed by atoms with Gasteiger partial charge >= 0.3 is 0 Å². The molecule has 6 N–H and O–H groups in total. The molecule has 9 heteroatoms. The van der Waals surface area contributed by atoms with Crippen LogP contribution in [0.4, 0.5) is 0 Å². The van der Waals surface area contributed by atoms with Crippen LogP contribution in [0.25, 0.3) is 0 Å². The number of carbonyl (C=O) groups is 1. The summed E-state index contributed by atoms with van der Waals surface area (Å²) in [5, 5.41) is 54.5. The fraction of sp³-hybridized carbons (Fsp3) is 0.904. The van der Waals surface area contributed by atoms with E-state index in [1.54, 1.807) is 0 Å². The fourth-order valence-electron chi connectivity index (χ4n) is 8.37. The first-order chi connectivity index (χ1) is 29.8. The maximum Gasteiger partial charge on any atom is 0.220 e. The lowest BCUT2D eigenvalue weighted by Crippen LogP contribution is -2.60. The van der Waals surface area contributed by atoms with E-state index in [1.807, 2.05) is 0 Å². The first-order valence-electron chi connectivity index (χ1n) is 26.0. The molecule has 0 aromatic carbocycles. The van der Waals surface area contributed by atoms with Crippen LogP contribution in [-0.2, 0) is 14.3 Å². The van der Waals surface area contributed by atoms with E-state index in [4.69, 9.17) is 9.47 Å². The molecule has 360 valence electrons. The van der Waals surface area contributed by atoms with E-state index < -0.39 is 49.5 Å². The third-order valence-electron chi connectivity index (χ3n) is 12.6. The number of nitrogens with one attached hydrogen (secondary N) is 1. The smallest absolute Gasteiger partial charge is 0.220 e. The molecular formula is C52H99NO8. The first-order valence-corrected chi connectivity index (χ1v) is 26.0. The second kappa shape index (κ2) is 42.6. The second-order valence-electron chi connectivity index (χ2n) is 18.3. The molecule has 0 radical (unpaired) electrons. The van der Waals surface area contributed by atoms with Gasteiger partial charge in [0.05, 0.1) is 25.4 Å². The second-order valence-corrected chi connectivity index (χ2v) is 18.3. The molecule has 0 bridgehead atoms. The largest absolute Gasteiger partial charge is 0.394 e. The van der Waals surface area contributed by atoms with Gasteiger partial charge in [-0.1, -0.05) is 218 Å². The van der Waals surface area contributed by atoms with Gasteiger partial charge in [0, 0.05) is 6.42 Å². The summed E-state index contributed by atoms with van der Waals surface area (Å²) in [6.07, 6.45) is 44.7. The van der Waals surface area contributed by atoms with Crippen LogP contribution in [0.2, 0.25) is 0 Å². The molecule has 0 saturated carbocycles. The van der Waals surface area contributed by atoms with Gasteiger partial charge in [-0.25, -0.2) is 0 Å². The van der Waals surface area contributed by atoms with Crippen molar-refractivity contribution in [2.24, 2.45) is 0 Å². The van der Waals surface area contributed by atoms with E-state index in [0.717, 1.165) is 44.9 Å². The van der Waals surface area contributed by atoms with Gasteiger partial charge < -0.3 is 40.3 Å². The minimum Gasteiger partial charge on any atom is -0.394 e. The molecule has 1 aliphatic rings. The monoisotopic (exact) mass is 866 g/mol. The summed E-state index contributed by atoms with van der Waals surface area (Å²) in [6.45, 7) is 3.84. The maximum atomic E-state index is 13.0. The number of rotatable bonds is 44. The molecule has 1 rings (SSSR count). The van der Waals surface area contributed by atoms with Crippen molar-refractivity contribution in [3.8, 4) is 0 Å². The van der Waals surface area contributed by atoms with E-state index in [1.165, 1.54) is 173 Å². The molecule has 9 nitrogen and oxygen atoms in total. The zero-order valence-corrected chi connectivity index (χ0v) is 39.7. The van der Waals surface area contributed by atoms with Crippen LogP contribution in [-0.4, -0.2) is 87.5 Å². The molecule has 0 aliphatic carbocycles. The van der Waals surface area contributed by atoms with Crippen LogP contribution >= 0.6 is 0 Å². The van der Waals surface area contributed by atoms with Crippen LogP contribution in [0.1, 0.15) is 245 Å². The fourth-order valence-corrected chi connectivity index (χ4v) is 8.37. The van der Waals surface area contributed by atoms with Crippen LogP contribution < -0.4 is 5.32 Å². The topological polar surface area (TPSA) is 149 Å². The summed E-state index contributed by atoms with van der Waals surface area (Å²) in [7, 11) is 0. The molecule has 0 aromatic rings. The number of ether oxygens (including phenoxy) is 2. The van der Waals surface area contributed by atoms with Crippen LogP contribution in [0.5, 0.6) is 0 Å². The highest BCUT2D eigenvalue weighted by molar-refractivity contribution is 5.76. The zero-order chi connectivity index (χ0) is 44.4. The molecule has 1 fully saturated rings. The highest BCUT2D eigenvalue weighted by Gasteiger charge is 2.44. The van der Waals surface area contributed by atoms with Crippen molar-refractivity contribution >= 4 is 5.91 Å². The lowest BCUT2D eigenvalue weighted by atomic mass is 9.99. The molecule has 61 heavy (non-hydrogen) atoms. The molecule has 0 spiro atoms. The number of aliphatic hydroxyl groups excluding tert-OH is 5. The molecule has 1 amide bonds. The van der Waals surface area contributed by atoms with E-state index in [-0.39, 0.29) is 12.5 Å². The van der Waals surface area contributed by atoms with E-state index in [0.29, 0.717) is 12.8 Å². The third kappa shape index (κ3) is 32.9. The van der Waals surface area contributed by atoms with Gasteiger partial charge in [-0.2, -0.15) is 0 Å². The van der Waals surface area contributed by atoms with Gasteiger partial charge in [0.25, 0.3) is 0 Å². The summed E-state index contributed by atoms with van der Waals surface area (Å²) >= 11 is 0. The molecular weight excluding hydrogens is 767 g/mol. The van der Waals surface area contributed by atoms with Crippen LogP contribution in [0.3, 0.4) is 0 Å². The quantitative estimate of drug-likeness (QED) is 0.0262. The van der Waals surface area contributed by atoms with Gasteiger partial charge in [-0.3, -0.25) is 4.79 Å². The van der Waals surface area contributed by atoms with Crippen molar-refractivity contribution in [2.75, 3.05) is 13.2 Å². The van der Waals surface area contributed by atoms with E-state index in [2.05, 4.69) is 43.5 Å². The number of aliphatic hydroxyl groups is 5. The van der Waals surface area contributed by atoms with Crippen LogP contribution in [0, 0.1) is 0 Å².